The number of rotatable bonds is 6. The van der Waals surface area contributed by atoms with E-state index in [1.807, 2.05) is 0 Å². The Morgan fingerprint density at radius 3 is 2.56 bits per heavy atom. The second-order valence-corrected chi connectivity index (χ2v) is 6.18. The van der Waals surface area contributed by atoms with E-state index >= 15 is 0 Å². The fourth-order valence-electron chi connectivity index (χ4n) is 2.31. The molecule has 0 bridgehead atoms. The number of hydrogen-bond acceptors (Lipinski definition) is 7. The van der Waals surface area contributed by atoms with Crippen molar-refractivity contribution >= 4 is 38.5 Å². The number of aromatic carboxylic acids is 1. The van der Waals surface area contributed by atoms with E-state index < -0.39 is 34.4 Å². The number of carboxylic acids is 2. The first-order chi connectivity index (χ1) is 11.8. The monoisotopic (exact) mass is 466 g/mol. The Labute approximate surface area is 155 Å². The Balaban J connectivity index is 2.16. The molecule has 1 fully saturated rings. The molecule has 1 heterocycles. The number of aliphatic hydroxyl groups excluding tert-OH is 1. The highest BCUT2D eigenvalue weighted by atomic mass is 127. The maximum atomic E-state index is 11.4. The van der Waals surface area contributed by atoms with Gasteiger partial charge in [-0.2, -0.15) is 0 Å². The molecular formula is C15H15IO9. The van der Waals surface area contributed by atoms with Crippen molar-refractivity contribution in [1.29, 1.82) is 0 Å². The van der Waals surface area contributed by atoms with Crippen LogP contribution in [0.15, 0.2) is 18.2 Å². The first-order valence-electron chi connectivity index (χ1n) is 7.17. The van der Waals surface area contributed by atoms with Gasteiger partial charge in [0.2, 0.25) is 6.29 Å². The summed E-state index contributed by atoms with van der Waals surface area (Å²) in [4.78, 5) is 33.3. The third-order valence-electron chi connectivity index (χ3n) is 3.43. The molecule has 3 unspecified atom stereocenters. The summed E-state index contributed by atoms with van der Waals surface area (Å²) in [6.45, 7) is -0.0952. The predicted molar refractivity (Wildman–Crippen MR) is 89.8 cm³/mol. The number of carbonyl (C=O) groups is 3. The number of halogens is 1. The molecule has 136 valence electrons. The molecule has 0 radical (unpaired) electrons. The summed E-state index contributed by atoms with van der Waals surface area (Å²) in [6, 6.07) is 4.15. The average Bonchev–Trinajstić information content (AvgIpc) is 2.53. The van der Waals surface area contributed by atoms with Crippen LogP contribution in [-0.2, 0) is 20.9 Å². The molecule has 0 spiro atoms. The number of aliphatic hydroxyl groups is 1. The maximum absolute atomic E-state index is 11.4. The summed E-state index contributed by atoms with van der Waals surface area (Å²) in [5.74, 6) is -2.55. The summed E-state index contributed by atoms with van der Waals surface area (Å²) < 4.78 is 14.9. The lowest BCUT2D eigenvalue weighted by molar-refractivity contribution is -0.195. The molecule has 1 aromatic carbocycles. The van der Waals surface area contributed by atoms with Crippen molar-refractivity contribution < 1.29 is 43.9 Å². The van der Waals surface area contributed by atoms with Gasteiger partial charge in [-0.25, -0.2) is 14.4 Å². The normalized spacial score (nSPS) is 22.9. The lowest BCUT2D eigenvalue weighted by atomic mass is 10.1. The summed E-state index contributed by atoms with van der Waals surface area (Å²) in [6.07, 6.45) is -3.32. The third-order valence-corrected chi connectivity index (χ3v) is 3.74. The van der Waals surface area contributed by atoms with Gasteiger partial charge in [0, 0.05) is 12.8 Å². The highest BCUT2D eigenvalue weighted by molar-refractivity contribution is 14.1. The average molecular weight is 466 g/mol. The minimum Gasteiger partial charge on any atom is -0.479 e. The van der Waals surface area contributed by atoms with Crippen molar-refractivity contribution in [1.82, 2.24) is 0 Å². The number of aliphatic carboxylic acids is 1. The van der Waals surface area contributed by atoms with Crippen molar-refractivity contribution in [2.45, 2.75) is 37.9 Å². The highest BCUT2D eigenvalue weighted by Crippen LogP contribution is 2.27. The van der Waals surface area contributed by atoms with Crippen LogP contribution in [0.25, 0.3) is 0 Å². The topological polar surface area (TPSA) is 140 Å². The van der Waals surface area contributed by atoms with Crippen LogP contribution < -0.4 is 4.74 Å². The molecule has 3 atom stereocenters. The van der Waals surface area contributed by atoms with Crippen LogP contribution in [0.5, 0.6) is 5.75 Å². The Bertz CT molecular complexity index is 675. The fourth-order valence-corrected chi connectivity index (χ4v) is 2.47. The zero-order valence-corrected chi connectivity index (χ0v) is 14.9. The Kier molecular flexibility index (Phi) is 6.56. The van der Waals surface area contributed by atoms with Gasteiger partial charge in [0.05, 0.1) is 28.7 Å². The van der Waals surface area contributed by atoms with E-state index in [0.717, 1.165) is 0 Å². The van der Waals surface area contributed by atoms with Crippen LogP contribution >= 0.6 is 22.6 Å². The van der Waals surface area contributed by atoms with E-state index in [1.54, 1.807) is 0 Å². The van der Waals surface area contributed by atoms with E-state index in [0.29, 0.717) is 5.56 Å². The van der Waals surface area contributed by atoms with E-state index in [9.17, 15) is 24.6 Å². The molecule has 1 aliphatic heterocycles. The molecule has 0 saturated carbocycles. The summed E-state index contributed by atoms with van der Waals surface area (Å²) >= 11 is 1.45. The van der Waals surface area contributed by atoms with Gasteiger partial charge in [0.15, 0.2) is 6.10 Å². The fraction of sp³-hybridized carbons (Fsp3) is 0.400. The molecule has 3 N–H and O–H groups in total. The second-order valence-electron chi connectivity index (χ2n) is 5.30. The van der Waals surface area contributed by atoms with Gasteiger partial charge in [0.25, 0.3) is 0 Å². The van der Waals surface area contributed by atoms with Crippen molar-refractivity contribution in [2.24, 2.45) is 0 Å². The number of carbonyl (C=O) groups excluding carboxylic acids is 1. The zero-order valence-electron chi connectivity index (χ0n) is 12.8. The van der Waals surface area contributed by atoms with Crippen molar-refractivity contribution in [3.8, 4) is 5.75 Å². The summed E-state index contributed by atoms with van der Waals surface area (Å²) in [5, 5.41) is 28.0. The minimum atomic E-state index is -1.27. The number of ether oxygens (including phenoxy) is 3. The SMILES string of the molecule is O=C(I)OCc1ccc(OC2CC(O)CC(C(=O)O)O2)c(C(=O)O)c1. The molecule has 25 heavy (non-hydrogen) atoms. The minimum absolute atomic E-state index is 0.0110. The predicted octanol–water partition coefficient (Wildman–Crippen LogP) is 1.79. The molecule has 10 heteroatoms. The van der Waals surface area contributed by atoms with E-state index in [4.69, 9.17) is 19.3 Å². The smallest absolute Gasteiger partial charge is 0.367 e. The van der Waals surface area contributed by atoms with Crippen LogP contribution in [0.3, 0.4) is 0 Å². The van der Waals surface area contributed by atoms with E-state index in [2.05, 4.69) is 0 Å². The number of benzene rings is 1. The van der Waals surface area contributed by atoms with Gasteiger partial charge in [0.1, 0.15) is 17.9 Å². The number of hydrogen-bond donors (Lipinski definition) is 3. The zero-order chi connectivity index (χ0) is 18.6. The molecule has 2 rings (SSSR count). The quantitative estimate of drug-likeness (QED) is 0.423. The molecular weight excluding hydrogens is 451 g/mol. The highest BCUT2D eigenvalue weighted by Gasteiger charge is 2.34. The van der Waals surface area contributed by atoms with Crippen molar-refractivity contribution in [3.05, 3.63) is 29.3 Å². The van der Waals surface area contributed by atoms with E-state index in [-0.39, 0.29) is 30.8 Å². The first-order valence-corrected chi connectivity index (χ1v) is 8.25. The largest absolute Gasteiger partial charge is 0.479 e. The Morgan fingerprint density at radius 2 is 1.96 bits per heavy atom. The molecule has 0 aliphatic carbocycles. The van der Waals surface area contributed by atoms with Crippen molar-refractivity contribution in [2.75, 3.05) is 0 Å². The van der Waals surface area contributed by atoms with Crippen LogP contribution in [0.2, 0.25) is 0 Å². The van der Waals surface area contributed by atoms with Gasteiger partial charge < -0.3 is 29.5 Å². The second kappa shape index (κ2) is 8.45. The lowest BCUT2D eigenvalue weighted by Gasteiger charge is -2.31. The summed E-state index contributed by atoms with van der Waals surface area (Å²) in [7, 11) is 0. The van der Waals surface area contributed by atoms with Gasteiger partial charge >= 0.3 is 15.9 Å². The van der Waals surface area contributed by atoms with E-state index in [1.165, 1.54) is 40.8 Å². The van der Waals surface area contributed by atoms with Crippen LogP contribution in [0.1, 0.15) is 28.8 Å². The van der Waals surface area contributed by atoms with Gasteiger partial charge in [-0.15, -0.1) is 0 Å². The summed E-state index contributed by atoms with van der Waals surface area (Å²) in [5.41, 5.74) is 0.250. The Morgan fingerprint density at radius 1 is 1.24 bits per heavy atom. The van der Waals surface area contributed by atoms with Gasteiger partial charge in [-0.3, -0.25) is 0 Å². The molecule has 1 aliphatic rings. The van der Waals surface area contributed by atoms with Gasteiger partial charge in [-0.1, -0.05) is 6.07 Å². The number of carboxylic acid groups (broad SMARTS) is 2. The standard InChI is InChI=1S/C15H15IO9/c16-15(22)23-6-7-1-2-10(9(3-7)13(18)19)24-12-5-8(17)4-11(25-12)14(20)21/h1-3,8,11-12,17H,4-6H2,(H,18,19)(H,20,21). The molecule has 1 saturated heterocycles. The lowest BCUT2D eigenvalue weighted by Crippen LogP contribution is -2.42. The first kappa shape index (κ1) is 19.4. The molecule has 1 aromatic rings. The van der Waals surface area contributed by atoms with Crippen LogP contribution in [0.4, 0.5) is 4.79 Å². The molecule has 0 aromatic heterocycles. The van der Waals surface area contributed by atoms with Crippen LogP contribution in [0, 0.1) is 0 Å². The van der Waals surface area contributed by atoms with Crippen LogP contribution in [-0.4, -0.2) is 49.7 Å². The van der Waals surface area contributed by atoms with Gasteiger partial charge in [-0.05, 0) is 17.7 Å². The Hall–Kier alpha value is -1.92. The molecule has 0 amide bonds. The third kappa shape index (κ3) is 5.54. The maximum Gasteiger partial charge on any atom is 0.367 e. The molecule has 9 nitrogen and oxygen atoms in total. The van der Waals surface area contributed by atoms with Crippen molar-refractivity contribution in [3.63, 3.8) is 0 Å².